The molecule has 0 aliphatic carbocycles. The average molecular weight is 319 g/mol. The molecule has 5 nitrogen and oxygen atoms in total. The van der Waals surface area contributed by atoms with E-state index in [0.29, 0.717) is 11.6 Å². The van der Waals surface area contributed by atoms with E-state index in [0.717, 1.165) is 17.9 Å². The normalized spacial score (nSPS) is 11.4. The first-order chi connectivity index (χ1) is 9.98. The molecule has 0 radical (unpaired) electrons. The Kier molecular flexibility index (Phi) is 4.97. The molecule has 2 aromatic rings. The zero-order valence-electron chi connectivity index (χ0n) is 11.0. The topological polar surface area (TPSA) is 56.3 Å². The van der Waals surface area contributed by atoms with E-state index in [-0.39, 0.29) is 10.9 Å². The van der Waals surface area contributed by atoms with Crippen LogP contribution in [-0.2, 0) is 6.54 Å². The molecule has 1 heterocycles. The Morgan fingerprint density at radius 3 is 2.57 bits per heavy atom. The van der Waals surface area contributed by atoms with Crippen molar-refractivity contribution in [3.8, 4) is 16.7 Å². The number of alkyl halides is 3. The van der Waals surface area contributed by atoms with Gasteiger partial charge in [0.2, 0.25) is 0 Å². The summed E-state index contributed by atoms with van der Waals surface area (Å²) in [7, 11) is 0. The maximum atomic E-state index is 12.3. The summed E-state index contributed by atoms with van der Waals surface area (Å²) in [6.07, 6.45) is -4.78. The van der Waals surface area contributed by atoms with Crippen LogP contribution in [0.3, 0.4) is 0 Å². The predicted molar refractivity (Wildman–Crippen MR) is 70.5 cm³/mol. The highest BCUT2D eigenvalue weighted by molar-refractivity contribution is 7.13. The van der Waals surface area contributed by atoms with Gasteiger partial charge in [-0.05, 0) is 18.7 Å². The van der Waals surface area contributed by atoms with Crippen molar-refractivity contribution >= 4 is 11.3 Å². The number of hydrogen-bond acceptors (Lipinski definition) is 6. The minimum atomic E-state index is -4.78. The van der Waals surface area contributed by atoms with E-state index >= 15 is 0 Å². The van der Waals surface area contributed by atoms with Crippen LogP contribution in [0.5, 0.6) is 16.7 Å². The second-order valence-electron chi connectivity index (χ2n) is 3.84. The quantitative estimate of drug-likeness (QED) is 0.885. The van der Waals surface area contributed by atoms with Gasteiger partial charge in [-0.3, -0.25) is 0 Å². The molecule has 0 saturated carbocycles. The molecule has 0 fully saturated rings. The van der Waals surface area contributed by atoms with Gasteiger partial charge >= 0.3 is 6.36 Å². The van der Waals surface area contributed by atoms with Crippen molar-refractivity contribution in [1.82, 2.24) is 15.5 Å². The third-order valence-electron chi connectivity index (χ3n) is 2.25. The first kappa shape index (κ1) is 15.5. The average Bonchev–Trinajstić information content (AvgIpc) is 2.85. The molecule has 114 valence electrons. The smallest absolute Gasteiger partial charge is 0.426 e. The Labute approximate surface area is 122 Å². The van der Waals surface area contributed by atoms with Crippen molar-refractivity contribution in [2.75, 3.05) is 6.54 Å². The number of rotatable bonds is 6. The second kappa shape index (κ2) is 6.72. The minimum Gasteiger partial charge on any atom is -0.426 e. The van der Waals surface area contributed by atoms with Gasteiger partial charge in [0.1, 0.15) is 5.01 Å². The lowest BCUT2D eigenvalue weighted by molar-refractivity contribution is -0.275. The molecule has 0 bridgehead atoms. The Bertz CT molecular complexity index is 589. The van der Waals surface area contributed by atoms with Crippen LogP contribution in [0.25, 0.3) is 0 Å². The van der Waals surface area contributed by atoms with E-state index in [1.807, 2.05) is 6.92 Å². The van der Waals surface area contributed by atoms with Gasteiger partial charge in [-0.1, -0.05) is 35.5 Å². The minimum absolute atomic E-state index is 0.0685. The summed E-state index contributed by atoms with van der Waals surface area (Å²) < 4.78 is 46.1. The maximum Gasteiger partial charge on any atom is 0.573 e. The number of halogens is 3. The van der Waals surface area contributed by atoms with Crippen LogP contribution in [-0.4, -0.2) is 23.1 Å². The fourth-order valence-corrected chi connectivity index (χ4v) is 2.09. The highest BCUT2D eigenvalue weighted by Gasteiger charge is 2.32. The third-order valence-corrected chi connectivity index (χ3v) is 3.05. The summed E-state index contributed by atoms with van der Waals surface area (Å²) in [6.45, 7) is 3.25. The molecule has 0 spiro atoms. The molecule has 0 atom stereocenters. The standard InChI is InChI=1S/C12H12F3N3O2S/c1-2-16-7-10-17-18-11(21-10)19-8-5-3-4-6-9(8)20-12(13,14)15/h3-6,16H,2,7H2,1H3. The van der Waals surface area contributed by atoms with Crippen LogP contribution in [0.15, 0.2) is 24.3 Å². The Hall–Kier alpha value is -1.87. The van der Waals surface area contributed by atoms with Gasteiger partial charge in [0.25, 0.3) is 5.19 Å². The number of nitrogens with one attached hydrogen (secondary N) is 1. The Balaban J connectivity index is 2.10. The van der Waals surface area contributed by atoms with Gasteiger partial charge in [0.05, 0.1) is 0 Å². The van der Waals surface area contributed by atoms with Gasteiger partial charge in [-0.2, -0.15) is 0 Å². The van der Waals surface area contributed by atoms with Crippen molar-refractivity contribution in [2.24, 2.45) is 0 Å². The molecule has 0 saturated heterocycles. The van der Waals surface area contributed by atoms with Gasteiger partial charge in [-0.15, -0.1) is 18.3 Å². The second-order valence-corrected chi connectivity index (χ2v) is 4.86. The maximum absolute atomic E-state index is 12.3. The molecule has 2 rings (SSSR count). The summed E-state index contributed by atoms with van der Waals surface area (Å²) >= 11 is 1.15. The van der Waals surface area contributed by atoms with Crippen molar-refractivity contribution in [3.63, 3.8) is 0 Å². The number of hydrogen-bond donors (Lipinski definition) is 1. The molecule has 0 amide bonds. The molecule has 1 N–H and O–H groups in total. The van der Waals surface area contributed by atoms with Gasteiger partial charge in [-0.25, -0.2) is 0 Å². The lowest BCUT2D eigenvalue weighted by Crippen LogP contribution is -2.17. The summed E-state index contributed by atoms with van der Waals surface area (Å²) in [6, 6.07) is 5.50. The monoisotopic (exact) mass is 319 g/mol. The van der Waals surface area contributed by atoms with E-state index in [4.69, 9.17) is 4.74 Å². The SMILES string of the molecule is CCNCc1nnc(Oc2ccccc2OC(F)(F)F)s1. The van der Waals surface area contributed by atoms with Crippen molar-refractivity contribution in [2.45, 2.75) is 19.8 Å². The zero-order chi connectivity index (χ0) is 15.3. The van der Waals surface area contributed by atoms with E-state index in [1.54, 1.807) is 6.07 Å². The Morgan fingerprint density at radius 1 is 1.19 bits per heavy atom. The van der Waals surface area contributed by atoms with E-state index < -0.39 is 12.1 Å². The molecular formula is C12H12F3N3O2S. The van der Waals surface area contributed by atoms with E-state index in [9.17, 15) is 13.2 Å². The third kappa shape index (κ3) is 4.87. The van der Waals surface area contributed by atoms with Gasteiger partial charge in [0.15, 0.2) is 11.5 Å². The number of ether oxygens (including phenoxy) is 2. The van der Waals surface area contributed by atoms with Crippen LogP contribution >= 0.6 is 11.3 Å². The molecule has 9 heteroatoms. The molecule has 0 aliphatic rings. The Morgan fingerprint density at radius 2 is 1.90 bits per heavy atom. The molecule has 0 aliphatic heterocycles. The van der Waals surface area contributed by atoms with Gasteiger partial charge in [0, 0.05) is 6.54 Å². The number of nitrogens with zero attached hydrogens (tertiary/aromatic N) is 2. The zero-order valence-corrected chi connectivity index (χ0v) is 11.8. The fourth-order valence-electron chi connectivity index (χ4n) is 1.42. The van der Waals surface area contributed by atoms with E-state index in [1.165, 1.54) is 18.2 Å². The number of para-hydroxylation sites is 2. The molecular weight excluding hydrogens is 307 g/mol. The first-order valence-electron chi connectivity index (χ1n) is 6.03. The molecule has 0 unspecified atom stereocenters. The molecule has 1 aromatic heterocycles. The van der Waals surface area contributed by atoms with Crippen LogP contribution in [0.1, 0.15) is 11.9 Å². The van der Waals surface area contributed by atoms with Gasteiger partial charge < -0.3 is 14.8 Å². The molecule has 21 heavy (non-hydrogen) atoms. The molecule has 1 aromatic carbocycles. The summed E-state index contributed by atoms with van der Waals surface area (Å²) in [5, 5.41) is 11.5. The van der Waals surface area contributed by atoms with Crippen molar-refractivity contribution < 1.29 is 22.6 Å². The lowest BCUT2D eigenvalue weighted by atomic mass is 10.3. The predicted octanol–water partition coefficient (Wildman–Crippen LogP) is 3.34. The highest BCUT2D eigenvalue weighted by Crippen LogP contribution is 2.35. The summed E-state index contributed by atoms with van der Waals surface area (Å²) in [5.41, 5.74) is 0. The fraction of sp³-hybridized carbons (Fsp3) is 0.333. The summed E-state index contributed by atoms with van der Waals surface area (Å²) in [4.78, 5) is 0. The largest absolute Gasteiger partial charge is 0.573 e. The first-order valence-corrected chi connectivity index (χ1v) is 6.85. The summed E-state index contributed by atoms with van der Waals surface area (Å²) in [5.74, 6) is -0.491. The lowest BCUT2D eigenvalue weighted by Gasteiger charge is -2.12. The van der Waals surface area contributed by atoms with E-state index in [2.05, 4.69) is 20.3 Å². The van der Waals surface area contributed by atoms with Crippen molar-refractivity contribution in [1.29, 1.82) is 0 Å². The highest BCUT2D eigenvalue weighted by atomic mass is 32.1. The number of benzene rings is 1. The van der Waals surface area contributed by atoms with Crippen LogP contribution in [0, 0.1) is 0 Å². The van der Waals surface area contributed by atoms with Crippen LogP contribution in [0.4, 0.5) is 13.2 Å². The van der Waals surface area contributed by atoms with Crippen molar-refractivity contribution in [3.05, 3.63) is 29.3 Å². The van der Waals surface area contributed by atoms with Crippen LogP contribution in [0.2, 0.25) is 0 Å². The number of aromatic nitrogens is 2. The van der Waals surface area contributed by atoms with Crippen LogP contribution < -0.4 is 14.8 Å².